The summed E-state index contributed by atoms with van der Waals surface area (Å²) in [5, 5.41) is 11.6. The molecule has 1 amide bonds. The van der Waals surface area contributed by atoms with Crippen LogP contribution >= 0.6 is 23.1 Å². The SMILES string of the molecule is Cc1nnc(NC(=O)[C@H](C)Sc2nc(-c3ccccc3)cc(=O)[nH]2)s1. The topological polar surface area (TPSA) is 101 Å². The van der Waals surface area contributed by atoms with Crippen molar-refractivity contribution in [3.63, 3.8) is 0 Å². The Bertz CT molecular complexity index is 939. The van der Waals surface area contributed by atoms with Crippen molar-refractivity contribution in [1.29, 1.82) is 0 Å². The van der Waals surface area contributed by atoms with Crippen molar-refractivity contribution in [1.82, 2.24) is 20.2 Å². The zero-order chi connectivity index (χ0) is 17.8. The van der Waals surface area contributed by atoms with Gasteiger partial charge >= 0.3 is 0 Å². The highest BCUT2D eigenvalue weighted by molar-refractivity contribution is 8.00. The van der Waals surface area contributed by atoms with Gasteiger partial charge in [0.1, 0.15) is 5.01 Å². The molecule has 0 unspecified atom stereocenters. The normalized spacial score (nSPS) is 11.9. The van der Waals surface area contributed by atoms with Crippen LogP contribution in [0.5, 0.6) is 0 Å². The second-order valence-electron chi connectivity index (χ2n) is 5.18. The van der Waals surface area contributed by atoms with Crippen molar-refractivity contribution in [2.45, 2.75) is 24.3 Å². The zero-order valence-corrected chi connectivity index (χ0v) is 15.1. The largest absolute Gasteiger partial charge is 0.301 e. The van der Waals surface area contributed by atoms with Crippen LogP contribution in [0.3, 0.4) is 0 Å². The monoisotopic (exact) mass is 373 g/mol. The molecule has 0 saturated heterocycles. The number of carbonyl (C=O) groups is 1. The number of aromatic nitrogens is 4. The molecular weight excluding hydrogens is 358 g/mol. The molecule has 128 valence electrons. The fourth-order valence-electron chi connectivity index (χ4n) is 2.02. The van der Waals surface area contributed by atoms with Crippen molar-refractivity contribution in [2.24, 2.45) is 0 Å². The van der Waals surface area contributed by atoms with E-state index in [2.05, 4.69) is 25.5 Å². The summed E-state index contributed by atoms with van der Waals surface area (Å²) in [6, 6.07) is 10.9. The number of rotatable bonds is 5. The Kier molecular flexibility index (Phi) is 5.25. The predicted molar refractivity (Wildman–Crippen MR) is 98.9 cm³/mol. The lowest BCUT2D eigenvalue weighted by Crippen LogP contribution is -2.23. The third kappa shape index (κ3) is 4.52. The molecule has 0 radical (unpaired) electrons. The zero-order valence-electron chi connectivity index (χ0n) is 13.5. The summed E-state index contributed by atoms with van der Waals surface area (Å²) in [6.45, 7) is 3.55. The number of amides is 1. The van der Waals surface area contributed by atoms with Crippen LogP contribution in [0.2, 0.25) is 0 Å². The molecule has 25 heavy (non-hydrogen) atoms. The average molecular weight is 373 g/mol. The number of anilines is 1. The molecule has 0 saturated carbocycles. The van der Waals surface area contributed by atoms with Crippen molar-refractivity contribution < 1.29 is 4.79 Å². The molecule has 9 heteroatoms. The van der Waals surface area contributed by atoms with Gasteiger partial charge in [-0.05, 0) is 13.8 Å². The molecular formula is C16H15N5O2S2. The van der Waals surface area contributed by atoms with Gasteiger partial charge in [-0.2, -0.15) is 0 Å². The summed E-state index contributed by atoms with van der Waals surface area (Å²) < 4.78 is 0. The standard InChI is InChI=1S/C16H15N5O2S2/c1-9(14(23)19-16-21-20-10(2)25-16)24-15-17-12(8-13(22)18-15)11-6-4-3-5-7-11/h3-9H,1-2H3,(H,17,18,22)(H,19,21,23)/t9-/m0/s1. The van der Waals surface area contributed by atoms with Crippen molar-refractivity contribution in [2.75, 3.05) is 5.32 Å². The quantitative estimate of drug-likeness (QED) is 0.527. The predicted octanol–water partition coefficient (Wildman–Crippen LogP) is 2.72. The van der Waals surface area contributed by atoms with Crippen LogP contribution in [0.15, 0.2) is 46.3 Å². The Balaban J connectivity index is 1.74. The number of nitrogens with zero attached hydrogens (tertiary/aromatic N) is 3. The minimum atomic E-state index is -0.460. The molecule has 0 bridgehead atoms. The van der Waals surface area contributed by atoms with Gasteiger partial charge in [-0.15, -0.1) is 10.2 Å². The lowest BCUT2D eigenvalue weighted by molar-refractivity contribution is -0.115. The van der Waals surface area contributed by atoms with E-state index in [1.165, 1.54) is 29.2 Å². The van der Waals surface area contributed by atoms with Crippen LogP contribution in [0, 0.1) is 6.92 Å². The number of H-pyrrole nitrogens is 1. The maximum atomic E-state index is 12.3. The van der Waals surface area contributed by atoms with E-state index >= 15 is 0 Å². The molecule has 2 N–H and O–H groups in total. The molecule has 0 spiro atoms. The van der Waals surface area contributed by atoms with Crippen molar-refractivity contribution >= 4 is 34.1 Å². The van der Waals surface area contributed by atoms with Crippen LogP contribution in [0.1, 0.15) is 11.9 Å². The van der Waals surface area contributed by atoms with Gasteiger partial charge in [0, 0.05) is 11.6 Å². The number of aryl methyl sites for hydroxylation is 1. The Hall–Kier alpha value is -2.52. The lowest BCUT2D eigenvalue weighted by Gasteiger charge is -2.10. The minimum absolute atomic E-state index is 0.228. The molecule has 1 aromatic carbocycles. The molecule has 7 nitrogen and oxygen atoms in total. The number of carbonyl (C=O) groups excluding carboxylic acids is 1. The highest BCUT2D eigenvalue weighted by Gasteiger charge is 2.18. The number of aromatic amines is 1. The Morgan fingerprint density at radius 3 is 2.72 bits per heavy atom. The van der Waals surface area contributed by atoms with E-state index in [1.54, 1.807) is 6.92 Å². The molecule has 1 atom stereocenters. The van der Waals surface area contributed by atoms with Gasteiger partial charge in [0.15, 0.2) is 5.16 Å². The summed E-state index contributed by atoms with van der Waals surface area (Å²) in [5.41, 5.74) is 1.15. The van der Waals surface area contributed by atoms with Crippen LogP contribution < -0.4 is 10.9 Å². The van der Waals surface area contributed by atoms with Gasteiger partial charge in [-0.3, -0.25) is 14.9 Å². The molecule has 0 fully saturated rings. The van der Waals surface area contributed by atoms with Gasteiger partial charge in [-0.25, -0.2) is 4.98 Å². The van der Waals surface area contributed by atoms with E-state index < -0.39 is 5.25 Å². The molecule has 0 aliphatic heterocycles. The van der Waals surface area contributed by atoms with E-state index in [-0.39, 0.29) is 11.5 Å². The van der Waals surface area contributed by atoms with E-state index in [9.17, 15) is 9.59 Å². The van der Waals surface area contributed by atoms with Crippen LogP contribution in [0.25, 0.3) is 11.3 Å². The van der Waals surface area contributed by atoms with E-state index in [4.69, 9.17) is 0 Å². The van der Waals surface area contributed by atoms with E-state index in [0.717, 1.165) is 10.6 Å². The number of nitrogens with one attached hydrogen (secondary N) is 2. The number of thioether (sulfide) groups is 1. The van der Waals surface area contributed by atoms with E-state index in [1.807, 2.05) is 37.3 Å². The highest BCUT2D eigenvalue weighted by atomic mass is 32.2. The molecule has 0 aliphatic carbocycles. The smallest absolute Gasteiger partial charge is 0.252 e. The Labute approximate surface area is 151 Å². The number of hydrogen-bond donors (Lipinski definition) is 2. The van der Waals surface area contributed by atoms with Crippen LogP contribution in [-0.4, -0.2) is 31.3 Å². The minimum Gasteiger partial charge on any atom is -0.301 e. The van der Waals surface area contributed by atoms with Crippen molar-refractivity contribution in [3.8, 4) is 11.3 Å². The Morgan fingerprint density at radius 1 is 1.28 bits per heavy atom. The Morgan fingerprint density at radius 2 is 2.04 bits per heavy atom. The first kappa shape index (κ1) is 17.3. The summed E-state index contributed by atoms with van der Waals surface area (Å²) in [7, 11) is 0. The maximum absolute atomic E-state index is 12.3. The van der Waals surface area contributed by atoms with Crippen LogP contribution in [-0.2, 0) is 4.79 Å². The second kappa shape index (κ2) is 7.58. The van der Waals surface area contributed by atoms with Gasteiger partial charge in [0.2, 0.25) is 11.0 Å². The number of hydrogen-bond acceptors (Lipinski definition) is 7. The molecule has 2 aromatic heterocycles. The average Bonchev–Trinajstić information content (AvgIpc) is 3.00. The summed E-state index contributed by atoms with van der Waals surface area (Å²) in [5.74, 6) is -0.228. The molecule has 3 rings (SSSR count). The summed E-state index contributed by atoms with van der Waals surface area (Å²) >= 11 is 2.48. The third-order valence-corrected chi connectivity index (χ3v) is 4.94. The fraction of sp³-hybridized carbons (Fsp3) is 0.188. The van der Waals surface area contributed by atoms with Gasteiger partial charge in [0.25, 0.3) is 5.56 Å². The molecule has 0 aliphatic rings. The van der Waals surface area contributed by atoms with Gasteiger partial charge in [-0.1, -0.05) is 53.4 Å². The first-order valence-electron chi connectivity index (χ1n) is 7.45. The molecule has 2 heterocycles. The van der Waals surface area contributed by atoms with E-state index in [0.29, 0.717) is 16.0 Å². The number of benzene rings is 1. The van der Waals surface area contributed by atoms with Crippen LogP contribution in [0.4, 0.5) is 5.13 Å². The lowest BCUT2D eigenvalue weighted by atomic mass is 10.1. The first-order chi connectivity index (χ1) is 12.0. The summed E-state index contributed by atoms with van der Waals surface area (Å²) in [6.07, 6.45) is 0. The maximum Gasteiger partial charge on any atom is 0.252 e. The third-order valence-electron chi connectivity index (χ3n) is 3.20. The highest BCUT2D eigenvalue weighted by Crippen LogP contribution is 2.23. The van der Waals surface area contributed by atoms with Crippen molar-refractivity contribution in [3.05, 3.63) is 51.8 Å². The summed E-state index contributed by atoms with van der Waals surface area (Å²) in [4.78, 5) is 31.3. The first-order valence-corrected chi connectivity index (χ1v) is 9.15. The second-order valence-corrected chi connectivity index (χ2v) is 7.69. The fourth-order valence-corrected chi connectivity index (χ4v) is 3.43. The van der Waals surface area contributed by atoms with Gasteiger partial charge < -0.3 is 4.98 Å². The molecule has 3 aromatic rings. The van der Waals surface area contributed by atoms with Gasteiger partial charge in [0.05, 0.1) is 10.9 Å².